The monoisotopic (exact) mass is 746 g/mol. The summed E-state index contributed by atoms with van der Waals surface area (Å²) in [5.41, 5.74) is 0.390. The van der Waals surface area contributed by atoms with Crippen molar-refractivity contribution in [2.24, 2.45) is 17.8 Å². The summed E-state index contributed by atoms with van der Waals surface area (Å²) >= 11 is 3.39. The topological polar surface area (TPSA) is 151 Å². The van der Waals surface area contributed by atoms with E-state index < -0.39 is 57.2 Å². The molecule has 258 valence electrons. The third-order valence-corrected chi connectivity index (χ3v) is 11.7. The van der Waals surface area contributed by atoms with Gasteiger partial charge >= 0.3 is 10.2 Å². The van der Waals surface area contributed by atoms with E-state index in [-0.39, 0.29) is 36.6 Å². The Morgan fingerprint density at radius 2 is 1.92 bits per heavy atom. The molecule has 15 heteroatoms. The Morgan fingerprint density at radius 3 is 2.69 bits per heavy atom. The molecule has 1 aromatic carbocycles. The second-order valence-electron chi connectivity index (χ2n) is 13.4. The summed E-state index contributed by atoms with van der Waals surface area (Å²) in [5, 5.41) is 2.87. The molecule has 12 nitrogen and oxygen atoms in total. The van der Waals surface area contributed by atoms with E-state index in [0.717, 1.165) is 41.2 Å². The number of amides is 3. The Balaban J connectivity index is 1.30. The van der Waals surface area contributed by atoms with Gasteiger partial charge in [-0.3, -0.25) is 14.4 Å². The van der Waals surface area contributed by atoms with E-state index in [9.17, 15) is 27.2 Å². The number of allylic oxidation sites excluding steroid dienone is 1. The molecule has 48 heavy (non-hydrogen) atoms. The lowest BCUT2D eigenvalue weighted by Gasteiger charge is -2.27. The smallest absolute Gasteiger partial charge is 0.303 e. The van der Waals surface area contributed by atoms with Crippen LogP contribution in [0.3, 0.4) is 0 Å². The maximum absolute atomic E-state index is 14.9. The van der Waals surface area contributed by atoms with Crippen molar-refractivity contribution < 1.29 is 31.9 Å². The Hall–Kier alpha value is -3.43. The number of hydrogen-bond acceptors (Lipinski definition) is 8. The number of aromatic nitrogens is 2. The second kappa shape index (κ2) is 13.5. The van der Waals surface area contributed by atoms with Crippen LogP contribution in [0.1, 0.15) is 56.2 Å². The van der Waals surface area contributed by atoms with Gasteiger partial charge in [0, 0.05) is 43.6 Å². The van der Waals surface area contributed by atoms with E-state index in [0.29, 0.717) is 29.7 Å². The molecule has 1 aromatic heterocycles. The largest absolute Gasteiger partial charge is 0.474 e. The lowest BCUT2D eigenvalue weighted by atomic mass is 9.93. The molecule has 0 radical (unpaired) electrons. The van der Waals surface area contributed by atoms with Gasteiger partial charge in [-0.2, -0.15) is 17.7 Å². The molecule has 3 amide bonds. The summed E-state index contributed by atoms with van der Waals surface area (Å²) in [6, 6.07) is 4.55. The molecule has 3 aliphatic carbocycles. The molecule has 6 rings (SSSR count). The first-order valence-electron chi connectivity index (χ1n) is 16.3. The van der Waals surface area contributed by atoms with Gasteiger partial charge in [0.05, 0.1) is 23.1 Å². The highest BCUT2D eigenvalue weighted by Gasteiger charge is 2.62. The number of nitrogens with one attached hydrogen (secondary N) is 2. The number of nitrogens with zero attached hydrogens (tertiary/aromatic N) is 4. The van der Waals surface area contributed by atoms with Crippen LogP contribution in [0, 0.1) is 23.6 Å². The molecule has 0 unspecified atom stereocenters. The molecule has 0 saturated heterocycles. The second-order valence-corrected chi connectivity index (χ2v) is 16.2. The van der Waals surface area contributed by atoms with Gasteiger partial charge in [0.25, 0.3) is 5.91 Å². The highest BCUT2D eigenvalue weighted by Crippen LogP contribution is 2.47. The van der Waals surface area contributed by atoms with Crippen molar-refractivity contribution in [2.75, 3.05) is 27.7 Å². The molecule has 2 saturated carbocycles. The first-order valence-corrected chi connectivity index (χ1v) is 18.5. The van der Waals surface area contributed by atoms with Gasteiger partial charge in [-0.25, -0.2) is 14.1 Å². The summed E-state index contributed by atoms with van der Waals surface area (Å²) in [5.74, 6) is -3.45. The minimum atomic E-state index is -4.11. The van der Waals surface area contributed by atoms with Gasteiger partial charge in [0.15, 0.2) is 5.82 Å². The van der Waals surface area contributed by atoms with Gasteiger partial charge in [-0.15, -0.1) is 0 Å². The van der Waals surface area contributed by atoms with Crippen LogP contribution in [0.15, 0.2) is 34.8 Å². The van der Waals surface area contributed by atoms with E-state index in [1.807, 2.05) is 12.2 Å². The summed E-state index contributed by atoms with van der Waals surface area (Å²) in [6.45, 7) is 0.530. The average molecular weight is 748 g/mol. The van der Waals surface area contributed by atoms with Gasteiger partial charge in [-0.05, 0) is 76.0 Å². The first-order chi connectivity index (χ1) is 22.8. The number of halogens is 2. The van der Waals surface area contributed by atoms with Crippen LogP contribution in [0.25, 0.3) is 11.4 Å². The molecule has 5 atom stereocenters. The molecular weight excluding hydrogens is 707 g/mol. The molecule has 2 heterocycles. The fourth-order valence-electron chi connectivity index (χ4n) is 6.95. The van der Waals surface area contributed by atoms with E-state index in [4.69, 9.17) is 4.74 Å². The van der Waals surface area contributed by atoms with Crippen LogP contribution in [0.4, 0.5) is 4.39 Å². The number of carbonyl (C=O) groups is 3. The fraction of sp³-hybridized carbons (Fsp3) is 0.545. The highest BCUT2D eigenvalue weighted by atomic mass is 79.9. The number of benzene rings is 1. The number of fused-ring (bicyclic) bond motifs is 3. The van der Waals surface area contributed by atoms with E-state index in [1.54, 1.807) is 24.1 Å². The van der Waals surface area contributed by atoms with Gasteiger partial charge in [0.2, 0.25) is 17.7 Å². The predicted octanol–water partition coefficient (Wildman–Crippen LogP) is 3.30. The molecule has 4 aliphatic rings. The Bertz CT molecular complexity index is 1770. The Labute approximate surface area is 288 Å². The van der Waals surface area contributed by atoms with Gasteiger partial charge < -0.3 is 15.0 Å². The highest BCUT2D eigenvalue weighted by molar-refractivity contribution is 9.10. The zero-order valence-corrected chi connectivity index (χ0v) is 29.6. The first kappa shape index (κ1) is 34.4. The third kappa shape index (κ3) is 6.86. The van der Waals surface area contributed by atoms with Crippen LogP contribution < -0.4 is 14.8 Å². The maximum Gasteiger partial charge on any atom is 0.303 e. The van der Waals surface area contributed by atoms with Crippen LogP contribution >= 0.6 is 15.9 Å². The Kier molecular flexibility index (Phi) is 9.66. The summed E-state index contributed by atoms with van der Waals surface area (Å²) < 4.78 is 50.2. The molecule has 2 N–H and O–H groups in total. The SMILES string of the molecule is CN1CCCC/C=C\[C@@H]2C[C@@]2(C(=O)NS(=O)(=O)N(C)C)NC(=O)[C@@H]2C[C@@H](Oc3nc(-c4cc(Br)ccc4F)nc4c3CCC4)C[C@H]2C1=O. The van der Waals surface area contributed by atoms with Crippen molar-refractivity contribution in [1.82, 2.24) is 29.2 Å². The summed E-state index contributed by atoms with van der Waals surface area (Å²) in [6.07, 6.45) is 8.39. The molecular formula is C33H40BrFN6O6S. The zero-order chi connectivity index (χ0) is 34.4. The van der Waals surface area contributed by atoms with Crippen molar-refractivity contribution in [2.45, 2.75) is 69.4 Å². The quantitative estimate of drug-likeness (QED) is 0.428. The van der Waals surface area contributed by atoms with Crippen molar-refractivity contribution in [3.63, 3.8) is 0 Å². The Morgan fingerprint density at radius 1 is 1.15 bits per heavy atom. The summed E-state index contributed by atoms with van der Waals surface area (Å²) in [7, 11) is 0.227. The lowest BCUT2D eigenvalue weighted by Crippen LogP contribution is -2.55. The predicted molar refractivity (Wildman–Crippen MR) is 178 cm³/mol. The standard InChI is InChI=1S/C33H40BrFN6O6S/c1-40(2)48(45,46)39-32(44)33-18-19(33)9-6-4-5-7-14-41(3)31(43)24-17-21(16-23(24)29(42)38-33)47-30-22-10-8-11-27(22)36-28(37-30)25-15-20(34)12-13-26(25)35/h6,9,12-13,15,19,21,23-24H,4-5,7-8,10-11,14,16-18H2,1-3H3,(H,38,42)(H,39,44)/b9-6-/t19-,21-,23-,24-,33-/m1/s1. The number of ether oxygens (including phenoxy) is 1. The maximum atomic E-state index is 14.9. The fourth-order valence-corrected chi connectivity index (χ4v) is 7.91. The molecule has 1 aliphatic heterocycles. The van der Waals surface area contributed by atoms with Crippen LogP contribution in [-0.4, -0.2) is 84.6 Å². The van der Waals surface area contributed by atoms with Crippen LogP contribution in [0.5, 0.6) is 5.88 Å². The third-order valence-electron chi connectivity index (χ3n) is 9.84. The zero-order valence-electron chi connectivity index (χ0n) is 27.2. The van der Waals surface area contributed by atoms with Crippen molar-refractivity contribution in [1.29, 1.82) is 0 Å². The van der Waals surface area contributed by atoms with Crippen molar-refractivity contribution in [3.05, 3.63) is 51.9 Å². The average Bonchev–Trinajstić information content (AvgIpc) is 3.33. The molecule has 2 aromatic rings. The lowest BCUT2D eigenvalue weighted by molar-refractivity contribution is -0.140. The number of aryl methyl sites for hydroxylation is 1. The van der Waals surface area contributed by atoms with E-state index in [1.165, 1.54) is 20.2 Å². The van der Waals surface area contributed by atoms with Crippen LogP contribution in [-0.2, 0) is 37.4 Å². The molecule has 2 fully saturated rings. The minimum absolute atomic E-state index is 0.170. The number of rotatable bonds is 6. The van der Waals surface area contributed by atoms with Crippen molar-refractivity contribution >= 4 is 43.9 Å². The van der Waals surface area contributed by atoms with Gasteiger partial charge in [0.1, 0.15) is 17.5 Å². The summed E-state index contributed by atoms with van der Waals surface area (Å²) in [4.78, 5) is 52.4. The van der Waals surface area contributed by atoms with Crippen LogP contribution in [0.2, 0.25) is 0 Å². The van der Waals surface area contributed by atoms with E-state index >= 15 is 0 Å². The number of hydrogen-bond donors (Lipinski definition) is 2. The van der Waals surface area contributed by atoms with Crippen molar-refractivity contribution in [3.8, 4) is 17.3 Å². The van der Waals surface area contributed by atoms with Gasteiger partial charge in [-0.1, -0.05) is 28.1 Å². The molecule has 0 spiro atoms. The number of carbonyl (C=O) groups excluding carboxylic acids is 3. The normalized spacial score (nSPS) is 28.2. The molecule has 0 bridgehead atoms. The van der Waals surface area contributed by atoms with E-state index in [2.05, 4.69) is 35.9 Å². The minimum Gasteiger partial charge on any atom is -0.474 e.